The second-order valence-electron chi connectivity index (χ2n) is 6.97. The van der Waals surface area contributed by atoms with Gasteiger partial charge in [0.1, 0.15) is 0 Å². The van der Waals surface area contributed by atoms with Crippen LogP contribution in [-0.4, -0.2) is 102 Å². The lowest BCUT2D eigenvalue weighted by molar-refractivity contribution is 0.00272. The quantitative estimate of drug-likeness (QED) is 0.241. The normalized spacial score (nSPS) is 17.1. The van der Waals surface area contributed by atoms with Crippen molar-refractivity contribution < 1.29 is 9.47 Å². The summed E-state index contributed by atoms with van der Waals surface area (Å²) in [7, 11) is 5.69. The van der Waals surface area contributed by atoms with Gasteiger partial charge in [-0.2, -0.15) is 0 Å². The van der Waals surface area contributed by atoms with Crippen molar-refractivity contribution in [2.24, 2.45) is 10.9 Å². The SMILES string of the molecule is CCC(CC)C(CNC(=NC)NCCN(C)CCOC)N1CCOCC1.I. The second-order valence-corrected chi connectivity index (χ2v) is 6.97. The van der Waals surface area contributed by atoms with Crippen LogP contribution in [0, 0.1) is 5.92 Å². The van der Waals surface area contributed by atoms with Crippen LogP contribution in [0.1, 0.15) is 26.7 Å². The van der Waals surface area contributed by atoms with Gasteiger partial charge in [0, 0.05) is 59.5 Å². The third-order valence-electron chi connectivity index (χ3n) is 5.27. The molecule has 27 heavy (non-hydrogen) atoms. The van der Waals surface area contributed by atoms with Gasteiger partial charge in [-0.05, 0) is 13.0 Å². The summed E-state index contributed by atoms with van der Waals surface area (Å²) in [5.41, 5.74) is 0. The Balaban J connectivity index is 0.00000676. The van der Waals surface area contributed by atoms with E-state index in [0.717, 1.165) is 65.0 Å². The Bertz CT molecular complexity index is 377. The van der Waals surface area contributed by atoms with Crippen LogP contribution in [0.2, 0.25) is 0 Å². The highest BCUT2D eigenvalue weighted by Crippen LogP contribution is 2.19. The van der Waals surface area contributed by atoms with Crippen LogP contribution in [-0.2, 0) is 9.47 Å². The number of ether oxygens (including phenoxy) is 2. The lowest BCUT2D eigenvalue weighted by Crippen LogP contribution is -2.53. The predicted molar refractivity (Wildman–Crippen MR) is 124 cm³/mol. The molecule has 0 aromatic heterocycles. The van der Waals surface area contributed by atoms with E-state index in [-0.39, 0.29) is 24.0 Å². The van der Waals surface area contributed by atoms with Crippen LogP contribution in [0.15, 0.2) is 4.99 Å². The predicted octanol–water partition coefficient (Wildman–Crippen LogP) is 1.48. The highest BCUT2D eigenvalue weighted by Gasteiger charge is 2.26. The zero-order valence-corrected chi connectivity index (χ0v) is 20.3. The van der Waals surface area contributed by atoms with Crippen molar-refractivity contribution in [1.29, 1.82) is 0 Å². The maximum absolute atomic E-state index is 5.54. The van der Waals surface area contributed by atoms with E-state index in [0.29, 0.717) is 12.0 Å². The van der Waals surface area contributed by atoms with Gasteiger partial charge < -0.3 is 25.0 Å². The molecule has 1 fully saturated rings. The molecule has 1 heterocycles. The van der Waals surface area contributed by atoms with Crippen molar-refractivity contribution >= 4 is 29.9 Å². The van der Waals surface area contributed by atoms with Crippen LogP contribution < -0.4 is 10.6 Å². The summed E-state index contributed by atoms with van der Waals surface area (Å²) in [6.45, 7) is 12.8. The zero-order valence-electron chi connectivity index (χ0n) is 18.0. The maximum atomic E-state index is 5.54. The molecule has 0 aromatic rings. The molecule has 0 amide bonds. The molecule has 2 N–H and O–H groups in total. The molecule has 0 aliphatic carbocycles. The van der Waals surface area contributed by atoms with E-state index in [1.54, 1.807) is 7.11 Å². The fraction of sp³-hybridized carbons (Fsp3) is 0.947. The minimum Gasteiger partial charge on any atom is -0.383 e. The van der Waals surface area contributed by atoms with Crippen molar-refractivity contribution in [2.45, 2.75) is 32.7 Å². The average molecular weight is 499 g/mol. The van der Waals surface area contributed by atoms with E-state index < -0.39 is 0 Å². The lowest BCUT2D eigenvalue weighted by atomic mass is 9.92. The Labute approximate surface area is 183 Å². The van der Waals surface area contributed by atoms with E-state index in [9.17, 15) is 0 Å². The summed E-state index contributed by atoms with van der Waals surface area (Å²) >= 11 is 0. The van der Waals surface area contributed by atoms with E-state index in [1.165, 1.54) is 12.8 Å². The van der Waals surface area contributed by atoms with E-state index >= 15 is 0 Å². The number of likely N-dealkylation sites (N-methyl/N-ethyl adjacent to an activating group) is 1. The third kappa shape index (κ3) is 10.8. The van der Waals surface area contributed by atoms with E-state index in [4.69, 9.17) is 9.47 Å². The minimum absolute atomic E-state index is 0. The molecule has 0 radical (unpaired) electrons. The van der Waals surface area contributed by atoms with Gasteiger partial charge in [-0.1, -0.05) is 26.7 Å². The van der Waals surface area contributed by atoms with Crippen molar-refractivity contribution in [3.63, 3.8) is 0 Å². The summed E-state index contributed by atoms with van der Waals surface area (Å²) in [5, 5.41) is 6.97. The number of nitrogens with one attached hydrogen (secondary N) is 2. The van der Waals surface area contributed by atoms with Gasteiger partial charge >= 0.3 is 0 Å². The monoisotopic (exact) mass is 499 g/mol. The third-order valence-corrected chi connectivity index (χ3v) is 5.27. The highest BCUT2D eigenvalue weighted by molar-refractivity contribution is 14.0. The van der Waals surface area contributed by atoms with Gasteiger partial charge in [-0.25, -0.2) is 0 Å². The fourth-order valence-electron chi connectivity index (χ4n) is 3.48. The number of aliphatic imine (C=N–C) groups is 1. The molecular formula is C19H42IN5O2. The smallest absolute Gasteiger partial charge is 0.191 e. The number of methoxy groups -OCH3 is 1. The Morgan fingerprint density at radius 2 is 1.85 bits per heavy atom. The van der Waals surface area contributed by atoms with Crippen LogP contribution >= 0.6 is 24.0 Å². The molecule has 1 aliphatic rings. The summed E-state index contributed by atoms with van der Waals surface area (Å²) in [6, 6.07) is 0.525. The number of nitrogens with zero attached hydrogens (tertiary/aromatic N) is 3. The molecule has 0 spiro atoms. The second kappa shape index (κ2) is 16.8. The minimum atomic E-state index is 0. The molecule has 1 unspecified atom stereocenters. The topological polar surface area (TPSA) is 61.4 Å². The number of guanidine groups is 1. The first kappa shape index (κ1) is 26.8. The largest absolute Gasteiger partial charge is 0.383 e. The summed E-state index contributed by atoms with van der Waals surface area (Å²) < 4.78 is 10.7. The number of hydrogen-bond acceptors (Lipinski definition) is 5. The maximum Gasteiger partial charge on any atom is 0.191 e. The molecule has 0 bridgehead atoms. The van der Waals surface area contributed by atoms with Gasteiger partial charge in [0.25, 0.3) is 0 Å². The van der Waals surface area contributed by atoms with Crippen LogP contribution in [0.5, 0.6) is 0 Å². The molecule has 1 saturated heterocycles. The first-order valence-corrected chi connectivity index (χ1v) is 10.1. The molecule has 0 saturated carbocycles. The molecule has 8 heteroatoms. The molecule has 162 valence electrons. The number of halogens is 1. The molecule has 1 rings (SSSR count). The van der Waals surface area contributed by atoms with Crippen LogP contribution in [0.4, 0.5) is 0 Å². The Morgan fingerprint density at radius 1 is 1.19 bits per heavy atom. The summed E-state index contributed by atoms with van der Waals surface area (Å²) in [5.74, 6) is 1.58. The molecule has 1 atom stereocenters. The van der Waals surface area contributed by atoms with Gasteiger partial charge in [-0.15, -0.1) is 24.0 Å². The number of morpholine rings is 1. The zero-order chi connectivity index (χ0) is 19.2. The molecule has 0 aromatic carbocycles. The van der Waals surface area contributed by atoms with E-state index in [2.05, 4.69) is 46.3 Å². The molecule has 1 aliphatic heterocycles. The molecule has 7 nitrogen and oxygen atoms in total. The highest BCUT2D eigenvalue weighted by atomic mass is 127. The summed E-state index contributed by atoms with van der Waals surface area (Å²) in [4.78, 5) is 9.22. The average Bonchev–Trinajstić information content (AvgIpc) is 2.68. The van der Waals surface area contributed by atoms with Crippen LogP contribution in [0.25, 0.3) is 0 Å². The fourth-order valence-corrected chi connectivity index (χ4v) is 3.48. The van der Waals surface area contributed by atoms with Gasteiger partial charge in [0.05, 0.1) is 19.8 Å². The van der Waals surface area contributed by atoms with Crippen molar-refractivity contribution in [3.8, 4) is 0 Å². The Kier molecular flexibility index (Phi) is 16.7. The first-order chi connectivity index (χ1) is 12.7. The van der Waals surface area contributed by atoms with E-state index in [1.807, 2.05) is 7.05 Å². The van der Waals surface area contributed by atoms with Crippen molar-refractivity contribution in [3.05, 3.63) is 0 Å². The van der Waals surface area contributed by atoms with Crippen LogP contribution in [0.3, 0.4) is 0 Å². The van der Waals surface area contributed by atoms with Gasteiger partial charge in [0.15, 0.2) is 5.96 Å². The number of rotatable bonds is 12. The molecular weight excluding hydrogens is 457 g/mol. The lowest BCUT2D eigenvalue weighted by Gasteiger charge is -2.39. The van der Waals surface area contributed by atoms with Gasteiger partial charge in [0.2, 0.25) is 0 Å². The van der Waals surface area contributed by atoms with Crippen molar-refractivity contribution in [1.82, 2.24) is 20.4 Å². The van der Waals surface area contributed by atoms with Crippen molar-refractivity contribution in [2.75, 3.05) is 80.3 Å². The summed E-state index contributed by atoms with van der Waals surface area (Å²) in [6.07, 6.45) is 2.41. The Hall–Kier alpha value is -0.160. The first-order valence-electron chi connectivity index (χ1n) is 10.1. The number of hydrogen-bond donors (Lipinski definition) is 2. The van der Waals surface area contributed by atoms with Gasteiger partial charge in [-0.3, -0.25) is 9.89 Å². The standard InChI is InChI=1S/C19H41N5O2.HI/c1-6-17(7-2)18(24-11-14-26-15-12-24)16-22-19(20-3)21-8-9-23(4)10-13-25-5;/h17-18H,6-16H2,1-5H3,(H2,20,21,22);1H. The Morgan fingerprint density at radius 3 is 2.41 bits per heavy atom.